The molecule has 3 aromatic rings. The van der Waals surface area contributed by atoms with E-state index in [2.05, 4.69) is 35.4 Å². The fraction of sp³-hybridized carbons (Fsp3) is 0.167. The zero-order chi connectivity index (χ0) is 11.1. The van der Waals surface area contributed by atoms with E-state index in [4.69, 9.17) is 0 Å². The summed E-state index contributed by atoms with van der Waals surface area (Å²) in [5, 5.41) is 7.36. The summed E-state index contributed by atoms with van der Waals surface area (Å²) in [5.41, 5.74) is 0. The maximum atomic E-state index is 2.34. The van der Waals surface area contributed by atoms with Gasteiger partial charge in [0, 0.05) is 40.7 Å². The van der Waals surface area contributed by atoms with E-state index in [1.807, 2.05) is 46.2 Å². The van der Waals surface area contributed by atoms with Gasteiger partial charge in [0.25, 0.3) is 0 Å². The summed E-state index contributed by atoms with van der Waals surface area (Å²) < 4.78 is 2.82. The molecule has 0 radical (unpaired) electrons. The van der Waals surface area contributed by atoms with E-state index >= 15 is 0 Å². The highest BCUT2D eigenvalue weighted by Crippen LogP contribution is 2.40. The van der Waals surface area contributed by atoms with Crippen molar-refractivity contribution >= 4 is 66.4 Å². The number of thiophene rings is 2. The number of hydrogen-bond acceptors (Lipinski definition) is 4. The van der Waals surface area contributed by atoms with Gasteiger partial charge in [-0.2, -0.15) is 0 Å². The number of thioether (sulfide) groups is 2. The Labute approximate surface area is 111 Å². The Balaban J connectivity index is 2.38. The first-order valence-corrected chi connectivity index (χ1v) is 9.05. The van der Waals surface area contributed by atoms with Crippen molar-refractivity contribution in [2.45, 2.75) is 9.79 Å². The molecule has 0 spiro atoms. The van der Waals surface area contributed by atoms with Crippen LogP contribution in [0.3, 0.4) is 0 Å². The van der Waals surface area contributed by atoms with E-state index < -0.39 is 0 Å². The van der Waals surface area contributed by atoms with Crippen LogP contribution in [-0.4, -0.2) is 12.5 Å². The molecule has 1 aromatic carbocycles. The molecule has 0 saturated heterocycles. The zero-order valence-corrected chi connectivity index (χ0v) is 12.2. The lowest BCUT2D eigenvalue weighted by molar-refractivity contribution is 1.67. The first-order chi connectivity index (χ1) is 7.83. The van der Waals surface area contributed by atoms with Crippen LogP contribution >= 0.6 is 46.2 Å². The van der Waals surface area contributed by atoms with Crippen molar-refractivity contribution in [3.8, 4) is 0 Å². The smallest absolute Gasteiger partial charge is 0.0361 e. The van der Waals surface area contributed by atoms with Crippen molar-refractivity contribution in [1.29, 1.82) is 0 Å². The lowest BCUT2D eigenvalue weighted by atomic mass is 10.2. The molecule has 82 valence electrons. The fourth-order valence-electron chi connectivity index (χ4n) is 1.82. The molecule has 0 bridgehead atoms. The summed E-state index contributed by atoms with van der Waals surface area (Å²) in [7, 11) is 0. The van der Waals surface area contributed by atoms with Crippen molar-refractivity contribution in [3.05, 3.63) is 22.9 Å². The Morgan fingerprint density at radius 3 is 1.62 bits per heavy atom. The van der Waals surface area contributed by atoms with Gasteiger partial charge in [-0.05, 0) is 24.6 Å². The minimum absolute atomic E-state index is 1.40. The van der Waals surface area contributed by atoms with Crippen molar-refractivity contribution in [2.24, 2.45) is 0 Å². The molecule has 0 fully saturated rings. The zero-order valence-electron chi connectivity index (χ0n) is 8.94. The quantitative estimate of drug-likeness (QED) is 0.564. The molecule has 0 aliphatic rings. The standard InChI is InChI=1S/C12H10S4/c1-13-11-5-15-9-4-8-10(3-7(9)11)16-6-12(8)14-2/h3-6H,1-2H3. The van der Waals surface area contributed by atoms with Gasteiger partial charge >= 0.3 is 0 Å². The van der Waals surface area contributed by atoms with Crippen molar-refractivity contribution in [2.75, 3.05) is 12.5 Å². The summed E-state index contributed by atoms with van der Waals surface area (Å²) in [6.07, 6.45) is 4.29. The Morgan fingerprint density at radius 1 is 0.812 bits per heavy atom. The molecule has 16 heavy (non-hydrogen) atoms. The van der Waals surface area contributed by atoms with E-state index in [9.17, 15) is 0 Å². The minimum atomic E-state index is 1.40. The molecule has 0 aliphatic heterocycles. The maximum Gasteiger partial charge on any atom is 0.0361 e. The third-order valence-corrected chi connectivity index (χ3v) is 6.38. The van der Waals surface area contributed by atoms with Gasteiger partial charge in [-0.3, -0.25) is 0 Å². The fourth-order valence-corrected chi connectivity index (χ4v) is 5.47. The van der Waals surface area contributed by atoms with Gasteiger partial charge in [-0.1, -0.05) is 0 Å². The number of fused-ring (bicyclic) bond motifs is 2. The Morgan fingerprint density at radius 2 is 1.25 bits per heavy atom. The normalized spacial score (nSPS) is 11.6. The molecular formula is C12H10S4. The lowest BCUT2D eigenvalue weighted by Crippen LogP contribution is -1.69. The monoisotopic (exact) mass is 282 g/mol. The van der Waals surface area contributed by atoms with Gasteiger partial charge in [0.05, 0.1) is 0 Å². The first kappa shape index (κ1) is 11.0. The third kappa shape index (κ3) is 1.59. The highest BCUT2D eigenvalue weighted by Gasteiger charge is 2.08. The molecule has 0 nitrogen and oxygen atoms in total. The van der Waals surface area contributed by atoms with Crippen LogP contribution in [0.15, 0.2) is 32.7 Å². The highest BCUT2D eigenvalue weighted by molar-refractivity contribution is 7.99. The summed E-state index contributed by atoms with van der Waals surface area (Å²) >= 11 is 7.37. The second kappa shape index (κ2) is 4.26. The van der Waals surface area contributed by atoms with Crippen LogP contribution in [0.4, 0.5) is 0 Å². The van der Waals surface area contributed by atoms with Crippen LogP contribution in [-0.2, 0) is 0 Å². The van der Waals surface area contributed by atoms with Crippen molar-refractivity contribution < 1.29 is 0 Å². The SMILES string of the molecule is CSc1csc2cc3c(SC)csc3cc12. The van der Waals surface area contributed by atoms with E-state index in [-0.39, 0.29) is 0 Å². The summed E-state index contributed by atoms with van der Waals surface area (Å²) in [6, 6.07) is 4.69. The predicted molar refractivity (Wildman–Crippen MR) is 80.8 cm³/mol. The maximum absolute atomic E-state index is 2.34. The van der Waals surface area contributed by atoms with E-state index in [1.54, 1.807) is 0 Å². The first-order valence-electron chi connectivity index (χ1n) is 4.84. The Bertz CT molecular complexity index is 589. The van der Waals surface area contributed by atoms with Gasteiger partial charge in [0.15, 0.2) is 0 Å². The second-order valence-corrected chi connectivity index (χ2v) is 6.97. The average molecular weight is 282 g/mol. The molecule has 0 amide bonds. The van der Waals surface area contributed by atoms with Crippen LogP contribution in [0.1, 0.15) is 0 Å². The number of rotatable bonds is 2. The Kier molecular flexibility index (Phi) is 2.92. The molecule has 2 aromatic heterocycles. The molecule has 4 heteroatoms. The van der Waals surface area contributed by atoms with E-state index in [0.717, 1.165) is 0 Å². The second-order valence-electron chi connectivity index (χ2n) is 3.45. The third-order valence-electron chi connectivity index (χ3n) is 2.64. The van der Waals surface area contributed by atoms with Gasteiger partial charge in [-0.15, -0.1) is 46.2 Å². The molecule has 2 heterocycles. The number of benzene rings is 1. The van der Waals surface area contributed by atoms with Crippen LogP contribution in [0.25, 0.3) is 20.2 Å². The Hall–Kier alpha value is -0.160. The van der Waals surface area contributed by atoms with Gasteiger partial charge in [-0.25, -0.2) is 0 Å². The molecule has 0 aliphatic carbocycles. The number of hydrogen-bond donors (Lipinski definition) is 0. The van der Waals surface area contributed by atoms with E-state index in [0.29, 0.717) is 0 Å². The van der Waals surface area contributed by atoms with Crippen LogP contribution in [0.2, 0.25) is 0 Å². The lowest BCUT2D eigenvalue weighted by Gasteiger charge is -1.97. The van der Waals surface area contributed by atoms with Crippen LogP contribution in [0, 0.1) is 0 Å². The molecule has 3 rings (SSSR count). The predicted octanol–water partition coefficient (Wildman–Crippen LogP) is 5.56. The van der Waals surface area contributed by atoms with Gasteiger partial charge in [0.1, 0.15) is 0 Å². The van der Waals surface area contributed by atoms with Crippen LogP contribution in [0.5, 0.6) is 0 Å². The molecule has 0 unspecified atom stereocenters. The van der Waals surface area contributed by atoms with Gasteiger partial charge < -0.3 is 0 Å². The topological polar surface area (TPSA) is 0 Å². The van der Waals surface area contributed by atoms with Gasteiger partial charge in [0.2, 0.25) is 0 Å². The highest BCUT2D eigenvalue weighted by atomic mass is 32.2. The largest absolute Gasteiger partial charge is 0.143 e. The molecule has 0 atom stereocenters. The van der Waals surface area contributed by atoms with E-state index in [1.165, 1.54) is 30.0 Å². The molecule has 0 N–H and O–H groups in total. The summed E-state index contributed by atoms with van der Waals surface area (Å²) in [5.74, 6) is 0. The molecular weight excluding hydrogens is 272 g/mol. The van der Waals surface area contributed by atoms with Crippen LogP contribution < -0.4 is 0 Å². The van der Waals surface area contributed by atoms with Crippen molar-refractivity contribution in [3.63, 3.8) is 0 Å². The average Bonchev–Trinajstić information content (AvgIpc) is 2.88. The molecule has 0 saturated carbocycles. The van der Waals surface area contributed by atoms with Crippen molar-refractivity contribution in [1.82, 2.24) is 0 Å². The summed E-state index contributed by atoms with van der Waals surface area (Å²) in [6.45, 7) is 0. The minimum Gasteiger partial charge on any atom is -0.143 e. The summed E-state index contributed by atoms with van der Waals surface area (Å²) in [4.78, 5) is 2.81.